The molecule has 0 aliphatic heterocycles. The average molecular weight is 337 g/mol. The van der Waals surface area contributed by atoms with Gasteiger partial charge in [0.25, 0.3) is 0 Å². The van der Waals surface area contributed by atoms with Crippen molar-refractivity contribution in [1.82, 2.24) is 0 Å². The van der Waals surface area contributed by atoms with Crippen molar-refractivity contribution in [3.8, 4) is 6.07 Å². The van der Waals surface area contributed by atoms with Crippen molar-refractivity contribution in [2.24, 2.45) is 0 Å². The summed E-state index contributed by atoms with van der Waals surface area (Å²) in [5.74, 6) is -0.861. The van der Waals surface area contributed by atoms with E-state index in [1.807, 2.05) is 12.1 Å². The molecule has 0 saturated heterocycles. The van der Waals surface area contributed by atoms with Crippen LogP contribution in [0.3, 0.4) is 0 Å². The van der Waals surface area contributed by atoms with Crippen LogP contribution in [-0.2, 0) is 15.9 Å². The van der Waals surface area contributed by atoms with Gasteiger partial charge in [-0.25, -0.2) is 9.59 Å². The summed E-state index contributed by atoms with van der Waals surface area (Å²) in [6.45, 7) is 4.03. The Morgan fingerprint density at radius 2 is 1.60 bits per heavy atom. The molecule has 0 bridgehead atoms. The molecule has 0 spiro atoms. The van der Waals surface area contributed by atoms with E-state index in [9.17, 15) is 9.59 Å². The molecule has 2 aromatic rings. The van der Waals surface area contributed by atoms with E-state index in [0.29, 0.717) is 28.7 Å². The first-order valence-corrected chi connectivity index (χ1v) is 8.05. The second kappa shape index (κ2) is 8.65. The largest absolute Gasteiger partial charge is 0.462 e. The highest BCUT2D eigenvalue weighted by Gasteiger charge is 2.16. The second-order valence-corrected chi connectivity index (χ2v) is 5.30. The van der Waals surface area contributed by atoms with Crippen LogP contribution < -0.4 is 0 Å². The van der Waals surface area contributed by atoms with E-state index < -0.39 is 11.9 Å². The van der Waals surface area contributed by atoms with Gasteiger partial charge in [0.15, 0.2) is 0 Å². The number of hydrogen-bond acceptors (Lipinski definition) is 5. The molecule has 0 heterocycles. The fraction of sp³-hybridized carbons (Fsp3) is 0.250. The summed E-state index contributed by atoms with van der Waals surface area (Å²) in [4.78, 5) is 24.1. The van der Waals surface area contributed by atoms with Gasteiger partial charge in [0.05, 0.1) is 36.0 Å². The Labute approximate surface area is 146 Å². The molecule has 0 fully saturated rings. The molecule has 2 rings (SSSR count). The van der Waals surface area contributed by atoms with E-state index in [4.69, 9.17) is 14.7 Å². The Kier molecular flexibility index (Phi) is 6.30. The molecule has 0 aliphatic rings. The van der Waals surface area contributed by atoms with Gasteiger partial charge in [-0.2, -0.15) is 5.26 Å². The Balaban J connectivity index is 2.38. The van der Waals surface area contributed by atoms with Crippen LogP contribution in [0.1, 0.15) is 51.3 Å². The number of carbonyl (C=O) groups is 2. The van der Waals surface area contributed by atoms with Crippen molar-refractivity contribution >= 4 is 11.9 Å². The minimum atomic E-state index is -0.431. The van der Waals surface area contributed by atoms with Gasteiger partial charge < -0.3 is 9.47 Å². The van der Waals surface area contributed by atoms with Gasteiger partial charge in [-0.1, -0.05) is 12.1 Å². The lowest BCUT2D eigenvalue weighted by molar-refractivity contribution is 0.0510. The van der Waals surface area contributed by atoms with Crippen LogP contribution >= 0.6 is 0 Å². The predicted octanol–water partition coefficient (Wildman–Crippen LogP) is 3.50. The van der Waals surface area contributed by atoms with Crippen molar-refractivity contribution in [1.29, 1.82) is 5.26 Å². The number of nitrogens with zero attached hydrogens (tertiary/aromatic N) is 1. The molecule has 128 valence electrons. The molecule has 0 saturated carbocycles. The molecule has 0 atom stereocenters. The van der Waals surface area contributed by atoms with Crippen LogP contribution in [0.25, 0.3) is 0 Å². The van der Waals surface area contributed by atoms with Crippen LogP contribution in [0.2, 0.25) is 0 Å². The number of esters is 2. The smallest absolute Gasteiger partial charge is 0.338 e. The molecule has 2 aromatic carbocycles. The van der Waals surface area contributed by atoms with Gasteiger partial charge in [-0.05, 0) is 61.7 Å². The van der Waals surface area contributed by atoms with Crippen LogP contribution in [-0.4, -0.2) is 25.2 Å². The van der Waals surface area contributed by atoms with E-state index in [1.54, 1.807) is 44.2 Å². The standard InChI is InChI=1S/C20H19NO4/c1-3-24-19(22)16-9-10-18(20(23)25-4-2)17(12-16)11-14-5-7-15(13-21)8-6-14/h5-10,12H,3-4,11H2,1-2H3. The highest BCUT2D eigenvalue weighted by Crippen LogP contribution is 2.19. The second-order valence-electron chi connectivity index (χ2n) is 5.30. The van der Waals surface area contributed by atoms with Crippen molar-refractivity contribution in [3.05, 3.63) is 70.3 Å². The van der Waals surface area contributed by atoms with E-state index in [-0.39, 0.29) is 13.2 Å². The zero-order valence-electron chi connectivity index (χ0n) is 14.2. The van der Waals surface area contributed by atoms with Gasteiger partial charge in [0, 0.05) is 0 Å². The quantitative estimate of drug-likeness (QED) is 0.754. The third kappa shape index (κ3) is 4.67. The maximum Gasteiger partial charge on any atom is 0.338 e. The molecule has 0 radical (unpaired) electrons. The van der Waals surface area contributed by atoms with Crippen molar-refractivity contribution < 1.29 is 19.1 Å². The van der Waals surface area contributed by atoms with E-state index >= 15 is 0 Å². The summed E-state index contributed by atoms with van der Waals surface area (Å²) in [7, 11) is 0. The molecule has 0 aliphatic carbocycles. The van der Waals surface area contributed by atoms with Gasteiger partial charge in [0.2, 0.25) is 0 Å². The summed E-state index contributed by atoms with van der Waals surface area (Å²) >= 11 is 0. The Morgan fingerprint density at radius 3 is 2.20 bits per heavy atom. The third-order valence-electron chi connectivity index (χ3n) is 3.59. The number of rotatable bonds is 6. The average Bonchev–Trinajstić information content (AvgIpc) is 2.62. The highest BCUT2D eigenvalue weighted by molar-refractivity contribution is 5.95. The highest BCUT2D eigenvalue weighted by atomic mass is 16.5. The minimum Gasteiger partial charge on any atom is -0.462 e. The van der Waals surface area contributed by atoms with Gasteiger partial charge >= 0.3 is 11.9 Å². The number of hydrogen-bond donors (Lipinski definition) is 0. The normalized spacial score (nSPS) is 9.96. The van der Waals surface area contributed by atoms with E-state index in [1.165, 1.54) is 0 Å². The maximum atomic E-state index is 12.2. The topological polar surface area (TPSA) is 76.4 Å². The molecule has 5 nitrogen and oxygen atoms in total. The monoisotopic (exact) mass is 337 g/mol. The van der Waals surface area contributed by atoms with Gasteiger partial charge in [-0.15, -0.1) is 0 Å². The summed E-state index contributed by atoms with van der Waals surface area (Å²) in [5.41, 5.74) is 2.96. The van der Waals surface area contributed by atoms with Crippen molar-refractivity contribution in [2.75, 3.05) is 13.2 Å². The Hall–Kier alpha value is -3.13. The van der Waals surface area contributed by atoms with E-state index in [2.05, 4.69) is 6.07 Å². The SMILES string of the molecule is CCOC(=O)c1ccc(C(=O)OCC)c(Cc2ccc(C#N)cc2)c1. The van der Waals surface area contributed by atoms with Gasteiger partial charge in [0.1, 0.15) is 0 Å². The number of ether oxygens (including phenoxy) is 2. The van der Waals surface area contributed by atoms with E-state index in [0.717, 1.165) is 5.56 Å². The first-order valence-electron chi connectivity index (χ1n) is 8.05. The lowest BCUT2D eigenvalue weighted by atomic mass is 9.97. The molecule has 5 heteroatoms. The Bertz CT molecular complexity index is 803. The van der Waals surface area contributed by atoms with Crippen LogP contribution in [0.5, 0.6) is 0 Å². The molecule has 25 heavy (non-hydrogen) atoms. The first kappa shape index (κ1) is 18.2. The molecule has 0 aromatic heterocycles. The minimum absolute atomic E-state index is 0.273. The Morgan fingerprint density at radius 1 is 0.960 bits per heavy atom. The molecular weight excluding hydrogens is 318 g/mol. The third-order valence-corrected chi connectivity index (χ3v) is 3.59. The lowest BCUT2D eigenvalue weighted by Crippen LogP contribution is -2.11. The van der Waals surface area contributed by atoms with Crippen molar-refractivity contribution in [2.45, 2.75) is 20.3 Å². The van der Waals surface area contributed by atoms with Gasteiger partial charge in [-0.3, -0.25) is 0 Å². The fourth-order valence-corrected chi connectivity index (χ4v) is 2.41. The van der Waals surface area contributed by atoms with Crippen LogP contribution in [0.15, 0.2) is 42.5 Å². The molecular formula is C20H19NO4. The van der Waals surface area contributed by atoms with Crippen molar-refractivity contribution in [3.63, 3.8) is 0 Å². The number of benzene rings is 2. The molecule has 0 unspecified atom stereocenters. The predicted molar refractivity (Wildman–Crippen MR) is 92.3 cm³/mol. The summed E-state index contributed by atoms with van der Waals surface area (Å²) in [6, 6.07) is 14.0. The summed E-state index contributed by atoms with van der Waals surface area (Å²) in [5, 5.41) is 8.88. The van der Waals surface area contributed by atoms with Crippen LogP contribution in [0, 0.1) is 11.3 Å². The zero-order valence-corrected chi connectivity index (χ0v) is 14.2. The number of carbonyl (C=O) groups excluding carboxylic acids is 2. The zero-order chi connectivity index (χ0) is 18.2. The number of nitriles is 1. The lowest BCUT2D eigenvalue weighted by Gasteiger charge is -2.11. The van der Waals surface area contributed by atoms with Crippen LogP contribution in [0.4, 0.5) is 0 Å². The summed E-state index contributed by atoms with van der Waals surface area (Å²) in [6.07, 6.45) is 0.438. The molecule has 0 N–H and O–H groups in total. The molecule has 0 amide bonds. The fourth-order valence-electron chi connectivity index (χ4n) is 2.41. The first-order chi connectivity index (χ1) is 12.1. The summed E-state index contributed by atoms with van der Waals surface area (Å²) < 4.78 is 10.1. The maximum absolute atomic E-state index is 12.2.